The Balaban J connectivity index is 1.64. The van der Waals surface area contributed by atoms with Gasteiger partial charge >= 0.3 is 0 Å². The zero-order chi connectivity index (χ0) is 18.4. The molecule has 3 aromatic rings. The van der Waals surface area contributed by atoms with Crippen molar-refractivity contribution in [3.05, 3.63) is 95.6 Å². The molecule has 131 valence electrons. The van der Waals surface area contributed by atoms with Crippen LogP contribution in [0.1, 0.15) is 27.5 Å². The summed E-state index contributed by atoms with van der Waals surface area (Å²) in [4.78, 5) is 12.5. The van der Waals surface area contributed by atoms with Gasteiger partial charge in [0.25, 0.3) is 0 Å². The molecule has 1 N–H and O–H groups in total. The molecule has 0 aromatic heterocycles. The molecule has 0 amide bonds. The second kappa shape index (κ2) is 8.32. The van der Waals surface area contributed by atoms with Gasteiger partial charge in [-0.2, -0.15) is 0 Å². The lowest BCUT2D eigenvalue weighted by atomic mass is 9.98. The lowest BCUT2D eigenvalue weighted by molar-refractivity contribution is 0.0958. The molecule has 0 aliphatic carbocycles. The normalized spacial score (nSPS) is 11.6. The van der Waals surface area contributed by atoms with E-state index in [4.69, 9.17) is 15.2 Å². The molecule has 0 aliphatic heterocycles. The lowest BCUT2D eigenvalue weighted by Crippen LogP contribution is -2.13. The highest BCUT2D eigenvalue weighted by Crippen LogP contribution is 2.22. The largest absolute Gasteiger partial charge is 0.497 e. The summed E-state index contributed by atoms with van der Waals surface area (Å²) in [5.74, 6) is 1.15. The van der Waals surface area contributed by atoms with Crippen molar-refractivity contribution in [2.75, 3.05) is 7.11 Å². The monoisotopic (exact) mass is 346 g/mol. The fourth-order valence-corrected chi connectivity index (χ4v) is 2.57. The standard InChI is InChI=1S/C22H20NO3/c1-25-19-11-9-18(10-12-19)22(24)21(23)17-7-13-20(14-8-17)26-15-16-5-3-2-4-6-16/h2-14,21,23H,15H2,1H3. The molecule has 26 heavy (non-hydrogen) atoms. The molecule has 0 spiro atoms. The fraction of sp³-hybridized carbons (Fsp3) is 0.136. The van der Waals surface area contributed by atoms with Crippen molar-refractivity contribution in [1.29, 1.82) is 0 Å². The molecule has 1 atom stereocenters. The maximum atomic E-state index is 12.5. The molecule has 4 nitrogen and oxygen atoms in total. The predicted molar refractivity (Wildman–Crippen MR) is 100 cm³/mol. The van der Waals surface area contributed by atoms with Gasteiger partial charge in [-0.1, -0.05) is 42.5 Å². The van der Waals surface area contributed by atoms with E-state index in [0.717, 1.165) is 5.56 Å². The third kappa shape index (κ3) is 4.29. The molecule has 0 saturated carbocycles. The Hall–Kier alpha value is -3.11. The summed E-state index contributed by atoms with van der Waals surface area (Å²) in [5.41, 5.74) is 10.5. The number of carbonyl (C=O) groups is 1. The van der Waals surface area contributed by atoms with Crippen LogP contribution in [-0.4, -0.2) is 12.9 Å². The van der Waals surface area contributed by atoms with E-state index in [9.17, 15) is 4.79 Å². The van der Waals surface area contributed by atoms with E-state index in [-0.39, 0.29) is 5.78 Å². The highest BCUT2D eigenvalue weighted by atomic mass is 16.5. The average molecular weight is 346 g/mol. The number of hydrogen-bond acceptors (Lipinski definition) is 3. The molecule has 1 unspecified atom stereocenters. The van der Waals surface area contributed by atoms with E-state index >= 15 is 0 Å². The summed E-state index contributed by atoms with van der Waals surface area (Å²) in [6, 6.07) is 22.9. The zero-order valence-corrected chi connectivity index (χ0v) is 14.5. The number of methoxy groups -OCH3 is 1. The molecule has 0 heterocycles. The summed E-state index contributed by atoms with van der Waals surface area (Å²) >= 11 is 0. The van der Waals surface area contributed by atoms with Crippen LogP contribution in [0.2, 0.25) is 0 Å². The first-order valence-electron chi connectivity index (χ1n) is 8.33. The number of hydrogen-bond donors (Lipinski definition) is 0. The summed E-state index contributed by atoms with van der Waals surface area (Å²) < 4.78 is 10.8. The Bertz CT molecular complexity index is 843. The molecule has 1 radical (unpaired) electrons. The SMILES string of the molecule is COc1ccc(C(=O)C([NH])c2ccc(OCc3ccccc3)cc2)cc1. The Kier molecular flexibility index (Phi) is 5.66. The van der Waals surface area contributed by atoms with Gasteiger partial charge in [0.05, 0.1) is 7.11 Å². The second-order valence-corrected chi connectivity index (χ2v) is 5.87. The number of nitrogens with one attached hydrogen (secondary N) is 1. The first-order valence-corrected chi connectivity index (χ1v) is 8.33. The zero-order valence-electron chi connectivity index (χ0n) is 14.5. The van der Waals surface area contributed by atoms with Gasteiger partial charge in [-0.25, -0.2) is 5.73 Å². The molecule has 0 aliphatic rings. The lowest BCUT2D eigenvalue weighted by Gasteiger charge is -2.12. The van der Waals surface area contributed by atoms with Gasteiger partial charge < -0.3 is 9.47 Å². The summed E-state index contributed by atoms with van der Waals surface area (Å²) in [6.45, 7) is 0.481. The Morgan fingerprint density at radius 3 is 2.12 bits per heavy atom. The molecular weight excluding hydrogens is 326 g/mol. The minimum Gasteiger partial charge on any atom is -0.497 e. The smallest absolute Gasteiger partial charge is 0.185 e. The van der Waals surface area contributed by atoms with Gasteiger partial charge in [-0.05, 0) is 47.5 Å². The van der Waals surface area contributed by atoms with E-state index in [0.29, 0.717) is 29.2 Å². The third-order valence-corrected chi connectivity index (χ3v) is 4.10. The van der Waals surface area contributed by atoms with Crippen molar-refractivity contribution in [1.82, 2.24) is 5.73 Å². The van der Waals surface area contributed by atoms with Gasteiger partial charge in [0, 0.05) is 5.56 Å². The summed E-state index contributed by atoms with van der Waals surface area (Å²) in [7, 11) is 1.57. The number of rotatable bonds is 7. The molecule has 3 rings (SSSR count). The van der Waals surface area contributed by atoms with E-state index in [1.54, 1.807) is 55.6 Å². The molecule has 4 heteroatoms. The van der Waals surface area contributed by atoms with Gasteiger partial charge in [-0.3, -0.25) is 4.79 Å². The van der Waals surface area contributed by atoms with Crippen LogP contribution in [-0.2, 0) is 6.61 Å². The van der Waals surface area contributed by atoms with Crippen LogP contribution >= 0.6 is 0 Å². The van der Waals surface area contributed by atoms with Crippen LogP contribution in [0.25, 0.3) is 0 Å². The van der Waals surface area contributed by atoms with E-state index in [1.165, 1.54) is 0 Å². The maximum absolute atomic E-state index is 12.5. The molecule has 3 aromatic carbocycles. The minimum absolute atomic E-state index is 0.245. The Morgan fingerprint density at radius 1 is 0.885 bits per heavy atom. The molecule has 0 saturated heterocycles. The number of Topliss-reactive ketones (excluding diaryl/α,β-unsaturated/α-hetero) is 1. The molecule has 0 fully saturated rings. The van der Waals surface area contributed by atoms with Gasteiger partial charge in [0.1, 0.15) is 24.1 Å². The van der Waals surface area contributed by atoms with Crippen molar-refractivity contribution < 1.29 is 14.3 Å². The van der Waals surface area contributed by atoms with Crippen molar-refractivity contribution in [3.8, 4) is 11.5 Å². The fourth-order valence-electron chi connectivity index (χ4n) is 2.57. The topological polar surface area (TPSA) is 59.3 Å². The number of ketones is 1. The highest BCUT2D eigenvalue weighted by Gasteiger charge is 2.18. The Morgan fingerprint density at radius 2 is 1.50 bits per heavy atom. The van der Waals surface area contributed by atoms with Crippen molar-refractivity contribution in [3.63, 3.8) is 0 Å². The predicted octanol–water partition coefficient (Wildman–Crippen LogP) is 4.48. The average Bonchev–Trinajstić information content (AvgIpc) is 2.72. The number of carbonyl (C=O) groups excluding carboxylic acids is 1. The van der Waals surface area contributed by atoms with Gasteiger partial charge in [0.15, 0.2) is 5.78 Å². The van der Waals surface area contributed by atoms with Crippen LogP contribution < -0.4 is 15.2 Å². The van der Waals surface area contributed by atoms with Crippen LogP contribution in [0.4, 0.5) is 0 Å². The first-order chi connectivity index (χ1) is 12.7. The van der Waals surface area contributed by atoms with E-state index in [2.05, 4.69) is 0 Å². The first kappa shape index (κ1) is 17.7. The number of ether oxygens (including phenoxy) is 2. The maximum Gasteiger partial charge on any atom is 0.185 e. The van der Waals surface area contributed by atoms with Crippen molar-refractivity contribution in [2.24, 2.45) is 0 Å². The van der Waals surface area contributed by atoms with Gasteiger partial charge in [0.2, 0.25) is 0 Å². The van der Waals surface area contributed by atoms with Crippen LogP contribution in [0.5, 0.6) is 11.5 Å². The quantitative estimate of drug-likeness (QED) is 0.593. The molecule has 0 bridgehead atoms. The third-order valence-electron chi connectivity index (χ3n) is 4.10. The van der Waals surface area contributed by atoms with Crippen molar-refractivity contribution in [2.45, 2.75) is 12.6 Å². The summed E-state index contributed by atoms with van der Waals surface area (Å²) in [6.07, 6.45) is 0. The van der Waals surface area contributed by atoms with Crippen LogP contribution in [0.15, 0.2) is 78.9 Å². The van der Waals surface area contributed by atoms with Crippen LogP contribution in [0, 0.1) is 0 Å². The minimum atomic E-state index is -0.966. The number of benzene rings is 3. The summed E-state index contributed by atoms with van der Waals surface area (Å²) in [5, 5.41) is 0. The second-order valence-electron chi connectivity index (χ2n) is 5.87. The molecular formula is C22H20NO3. The van der Waals surface area contributed by atoms with E-state index in [1.807, 2.05) is 30.3 Å². The van der Waals surface area contributed by atoms with E-state index < -0.39 is 6.04 Å². The Labute approximate surface area is 153 Å². The van der Waals surface area contributed by atoms with Crippen molar-refractivity contribution >= 4 is 5.78 Å². The highest BCUT2D eigenvalue weighted by molar-refractivity contribution is 6.00. The van der Waals surface area contributed by atoms with Gasteiger partial charge in [-0.15, -0.1) is 0 Å². The van der Waals surface area contributed by atoms with Crippen LogP contribution in [0.3, 0.4) is 0 Å².